The molecule has 35 heavy (non-hydrogen) atoms. The zero-order chi connectivity index (χ0) is 23.8. The van der Waals surface area contributed by atoms with Crippen LogP contribution < -0.4 is 15.5 Å². The van der Waals surface area contributed by atoms with Crippen molar-refractivity contribution in [2.45, 2.75) is 31.8 Å². The molecule has 6 rings (SSSR count). The van der Waals surface area contributed by atoms with Crippen LogP contribution in [-0.4, -0.2) is 51.2 Å². The van der Waals surface area contributed by atoms with Gasteiger partial charge >= 0.3 is 0 Å². The molecule has 1 aliphatic heterocycles. The number of benzene rings is 1. The number of piperazine rings is 1. The third-order valence-corrected chi connectivity index (χ3v) is 6.74. The highest BCUT2D eigenvalue weighted by atomic mass is 16.3. The van der Waals surface area contributed by atoms with Crippen molar-refractivity contribution in [3.8, 4) is 11.4 Å². The summed E-state index contributed by atoms with van der Waals surface area (Å²) in [5, 5.41) is 18.1. The number of hydrogen-bond acceptors (Lipinski definition) is 8. The molecule has 1 saturated heterocycles. The molecule has 1 atom stereocenters. The smallest absolute Gasteiger partial charge is 0.162 e. The number of aliphatic hydroxyl groups is 1. The van der Waals surface area contributed by atoms with Crippen molar-refractivity contribution in [1.29, 1.82) is 0 Å². The van der Waals surface area contributed by atoms with Crippen LogP contribution in [0.4, 0.5) is 17.3 Å². The second-order valence-electron chi connectivity index (χ2n) is 9.32. The molecule has 1 aromatic carbocycles. The van der Waals surface area contributed by atoms with E-state index >= 15 is 0 Å². The Hall–Kier alpha value is -3.62. The largest absolute Gasteiger partial charge is 0.389 e. The maximum Gasteiger partial charge on any atom is 0.162 e. The van der Waals surface area contributed by atoms with Gasteiger partial charge in [-0.3, -0.25) is 4.98 Å². The normalized spacial score (nSPS) is 16.9. The molecular weight excluding hydrogens is 438 g/mol. The van der Waals surface area contributed by atoms with Crippen molar-refractivity contribution in [3.05, 3.63) is 66.1 Å². The number of nitrogens with zero attached hydrogens (tertiary/aromatic N) is 5. The van der Waals surface area contributed by atoms with E-state index in [2.05, 4.69) is 25.5 Å². The molecule has 178 valence electrons. The molecule has 3 aromatic heterocycles. The zero-order valence-electron chi connectivity index (χ0n) is 19.8. The van der Waals surface area contributed by atoms with E-state index in [0.29, 0.717) is 17.6 Å². The highest BCUT2D eigenvalue weighted by molar-refractivity contribution is 5.94. The van der Waals surface area contributed by atoms with Crippen LogP contribution in [0.25, 0.3) is 22.3 Å². The number of fused-ring (bicyclic) bond motifs is 1. The van der Waals surface area contributed by atoms with Crippen molar-refractivity contribution in [3.63, 3.8) is 0 Å². The van der Waals surface area contributed by atoms with Crippen LogP contribution in [-0.2, 0) is 0 Å². The van der Waals surface area contributed by atoms with Gasteiger partial charge in [-0.2, -0.15) is 0 Å². The highest BCUT2D eigenvalue weighted by Crippen LogP contribution is 2.44. The number of aromatic nitrogens is 4. The fourth-order valence-corrected chi connectivity index (χ4v) is 4.78. The number of rotatable bonds is 6. The summed E-state index contributed by atoms with van der Waals surface area (Å²) in [6, 6.07) is 11.6. The SMILES string of the molecule is CC(O)c1ccccc1Nc1cc(-c2nc(N3CCNCC3)c3c(C4CC4)cncc3n2)ccn1. The summed E-state index contributed by atoms with van der Waals surface area (Å²) in [6.45, 7) is 5.47. The van der Waals surface area contributed by atoms with E-state index in [4.69, 9.17) is 9.97 Å². The Morgan fingerprint density at radius 2 is 1.91 bits per heavy atom. The lowest BCUT2D eigenvalue weighted by molar-refractivity contribution is 0.200. The van der Waals surface area contributed by atoms with Gasteiger partial charge in [-0.25, -0.2) is 15.0 Å². The third-order valence-electron chi connectivity index (χ3n) is 6.74. The quantitative estimate of drug-likeness (QED) is 0.389. The van der Waals surface area contributed by atoms with E-state index in [1.165, 1.54) is 18.4 Å². The maximum absolute atomic E-state index is 10.1. The van der Waals surface area contributed by atoms with Crippen LogP contribution in [0.3, 0.4) is 0 Å². The number of hydrogen-bond donors (Lipinski definition) is 3. The Balaban J connectivity index is 1.42. The maximum atomic E-state index is 10.1. The predicted molar refractivity (Wildman–Crippen MR) is 138 cm³/mol. The van der Waals surface area contributed by atoms with Crippen LogP contribution in [0.2, 0.25) is 0 Å². The molecule has 0 amide bonds. The fraction of sp³-hybridized carbons (Fsp3) is 0.333. The summed E-state index contributed by atoms with van der Waals surface area (Å²) >= 11 is 0. The van der Waals surface area contributed by atoms with Gasteiger partial charge in [-0.1, -0.05) is 18.2 Å². The lowest BCUT2D eigenvalue weighted by atomic mass is 10.1. The van der Waals surface area contributed by atoms with Gasteiger partial charge < -0.3 is 20.6 Å². The summed E-state index contributed by atoms with van der Waals surface area (Å²) in [5.74, 6) is 2.90. The van der Waals surface area contributed by atoms with Crippen molar-refractivity contribution >= 4 is 28.2 Å². The highest BCUT2D eigenvalue weighted by Gasteiger charge is 2.29. The molecule has 8 nitrogen and oxygen atoms in total. The van der Waals surface area contributed by atoms with Crippen LogP contribution in [0.1, 0.15) is 42.9 Å². The lowest BCUT2D eigenvalue weighted by Gasteiger charge is -2.30. The summed E-state index contributed by atoms with van der Waals surface area (Å²) < 4.78 is 0. The first-order chi connectivity index (χ1) is 17.2. The van der Waals surface area contributed by atoms with Crippen molar-refractivity contribution in [2.75, 3.05) is 36.4 Å². The minimum Gasteiger partial charge on any atom is -0.389 e. The molecule has 0 spiro atoms. The molecule has 0 bridgehead atoms. The Morgan fingerprint density at radius 3 is 2.71 bits per heavy atom. The summed E-state index contributed by atoms with van der Waals surface area (Å²) in [4.78, 5) is 21.5. The van der Waals surface area contributed by atoms with Crippen LogP contribution in [0, 0.1) is 0 Å². The van der Waals surface area contributed by atoms with Crippen molar-refractivity contribution in [1.82, 2.24) is 25.3 Å². The first-order valence-corrected chi connectivity index (χ1v) is 12.3. The standard InChI is InChI=1S/C27H29N7O/c1-17(35)20-4-2-3-5-22(20)31-24-14-19(8-9-30-24)26-32-23-16-29-15-21(18-6-7-18)25(23)27(33-26)34-12-10-28-11-13-34/h2-5,8-9,14-18,28,35H,6-7,10-13H2,1H3,(H,30,31). The summed E-state index contributed by atoms with van der Waals surface area (Å²) in [7, 11) is 0. The monoisotopic (exact) mass is 467 g/mol. The van der Waals surface area contributed by atoms with Gasteiger partial charge in [0.2, 0.25) is 0 Å². The number of pyridine rings is 2. The molecule has 3 N–H and O–H groups in total. The molecular formula is C27H29N7O. The van der Waals surface area contributed by atoms with E-state index < -0.39 is 6.10 Å². The van der Waals surface area contributed by atoms with Gasteiger partial charge in [-0.05, 0) is 49.4 Å². The average Bonchev–Trinajstić information content (AvgIpc) is 3.74. The topological polar surface area (TPSA) is 99.1 Å². The van der Waals surface area contributed by atoms with Crippen molar-refractivity contribution in [2.24, 2.45) is 0 Å². The van der Waals surface area contributed by atoms with Gasteiger partial charge in [0.1, 0.15) is 11.6 Å². The van der Waals surface area contributed by atoms with Crippen LogP contribution in [0.15, 0.2) is 55.0 Å². The minimum absolute atomic E-state index is 0.563. The number of aliphatic hydroxyl groups excluding tert-OH is 1. The van der Waals surface area contributed by atoms with Gasteiger partial charge in [0, 0.05) is 60.8 Å². The minimum atomic E-state index is -0.583. The number of para-hydroxylation sites is 1. The Bertz CT molecular complexity index is 1360. The van der Waals surface area contributed by atoms with E-state index in [1.807, 2.05) is 48.8 Å². The van der Waals surface area contributed by atoms with Gasteiger partial charge in [0.25, 0.3) is 0 Å². The van der Waals surface area contributed by atoms with E-state index in [9.17, 15) is 5.11 Å². The third kappa shape index (κ3) is 4.42. The first kappa shape index (κ1) is 21.9. The summed E-state index contributed by atoms with van der Waals surface area (Å²) in [6.07, 6.45) is 7.45. The molecule has 2 fully saturated rings. The van der Waals surface area contributed by atoms with Gasteiger partial charge in [-0.15, -0.1) is 0 Å². The zero-order valence-corrected chi connectivity index (χ0v) is 19.8. The average molecular weight is 468 g/mol. The Morgan fingerprint density at radius 1 is 1.09 bits per heavy atom. The molecule has 8 heteroatoms. The second kappa shape index (κ2) is 9.20. The van der Waals surface area contributed by atoms with E-state index in [-0.39, 0.29) is 0 Å². The number of anilines is 3. The van der Waals surface area contributed by atoms with E-state index in [0.717, 1.165) is 59.7 Å². The van der Waals surface area contributed by atoms with Crippen LogP contribution in [0.5, 0.6) is 0 Å². The number of nitrogens with one attached hydrogen (secondary N) is 2. The molecule has 2 aliphatic rings. The molecule has 0 radical (unpaired) electrons. The van der Waals surface area contributed by atoms with Gasteiger partial charge in [0.15, 0.2) is 5.82 Å². The van der Waals surface area contributed by atoms with Gasteiger partial charge in [0.05, 0.1) is 17.8 Å². The van der Waals surface area contributed by atoms with Crippen LogP contribution >= 0.6 is 0 Å². The summed E-state index contributed by atoms with van der Waals surface area (Å²) in [5.41, 5.74) is 4.69. The van der Waals surface area contributed by atoms with E-state index in [1.54, 1.807) is 13.1 Å². The molecule has 1 unspecified atom stereocenters. The first-order valence-electron chi connectivity index (χ1n) is 12.3. The fourth-order valence-electron chi connectivity index (χ4n) is 4.78. The second-order valence-corrected chi connectivity index (χ2v) is 9.32. The molecule has 4 aromatic rings. The Kier molecular flexibility index (Phi) is 5.75. The predicted octanol–water partition coefficient (Wildman–Crippen LogP) is 4.17. The molecule has 4 heterocycles. The molecule has 1 aliphatic carbocycles. The van der Waals surface area contributed by atoms with Crippen molar-refractivity contribution < 1.29 is 5.11 Å². The Labute approximate surface area is 204 Å². The lowest BCUT2D eigenvalue weighted by Crippen LogP contribution is -2.44. The molecule has 1 saturated carbocycles.